The van der Waals surface area contributed by atoms with Crippen LogP contribution in [-0.2, 0) is 0 Å². The Morgan fingerprint density at radius 3 is 1.64 bits per heavy atom. The van der Waals surface area contributed by atoms with Crippen LogP contribution in [0.15, 0.2) is 0 Å². The van der Waals surface area contributed by atoms with Crippen molar-refractivity contribution in [3.63, 3.8) is 0 Å². The molecular weight excluding hydrogens is 140 g/mol. The van der Waals surface area contributed by atoms with Crippen LogP contribution in [-0.4, -0.2) is 23.4 Å². The molecule has 0 atom stereocenters. The van der Waals surface area contributed by atoms with E-state index in [1.165, 1.54) is 25.7 Å². The van der Waals surface area contributed by atoms with Gasteiger partial charge in [-0.15, -0.1) is 0 Å². The minimum absolute atomic E-state index is 0.142. The number of hydrogen-bond donors (Lipinski definition) is 2. The highest BCUT2D eigenvalue weighted by Crippen LogP contribution is 2.33. The lowest BCUT2D eigenvalue weighted by Gasteiger charge is -2.27. The van der Waals surface area contributed by atoms with Crippen molar-refractivity contribution in [2.45, 2.75) is 38.5 Å². The maximum Gasteiger partial charge on any atom is 0.0509 e. The molecule has 0 aliphatic heterocycles. The average molecular weight is 158 g/mol. The molecular formula is C9H18O2. The first kappa shape index (κ1) is 9.01. The zero-order valence-electron chi connectivity index (χ0n) is 7.05. The first-order valence-corrected chi connectivity index (χ1v) is 4.55. The molecule has 66 valence electrons. The summed E-state index contributed by atoms with van der Waals surface area (Å²) in [6, 6.07) is 0. The lowest BCUT2D eigenvalue weighted by Crippen LogP contribution is -2.28. The minimum atomic E-state index is -0.142. The van der Waals surface area contributed by atoms with Gasteiger partial charge >= 0.3 is 0 Å². The molecule has 0 amide bonds. The summed E-state index contributed by atoms with van der Waals surface area (Å²) < 4.78 is 0. The van der Waals surface area contributed by atoms with Crippen molar-refractivity contribution in [2.24, 2.45) is 5.41 Å². The van der Waals surface area contributed by atoms with E-state index < -0.39 is 0 Å². The molecule has 1 fully saturated rings. The van der Waals surface area contributed by atoms with Crippen LogP contribution >= 0.6 is 0 Å². The van der Waals surface area contributed by atoms with Crippen LogP contribution in [0.4, 0.5) is 0 Å². The predicted molar refractivity (Wildman–Crippen MR) is 44.3 cm³/mol. The van der Waals surface area contributed by atoms with Gasteiger partial charge in [-0.2, -0.15) is 0 Å². The van der Waals surface area contributed by atoms with E-state index in [0.29, 0.717) is 0 Å². The van der Waals surface area contributed by atoms with Gasteiger partial charge in [0.25, 0.3) is 0 Å². The molecule has 2 N–H and O–H groups in total. The summed E-state index contributed by atoms with van der Waals surface area (Å²) in [5.41, 5.74) is -0.142. The van der Waals surface area contributed by atoms with E-state index in [1.54, 1.807) is 0 Å². The van der Waals surface area contributed by atoms with Crippen molar-refractivity contribution in [1.82, 2.24) is 0 Å². The van der Waals surface area contributed by atoms with Crippen molar-refractivity contribution >= 4 is 0 Å². The largest absolute Gasteiger partial charge is 0.396 e. The molecule has 0 bridgehead atoms. The molecule has 0 saturated heterocycles. The Bertz CT molecular complexity index is 98.1. The van der Waals surface area contributed by atoms with Crippen molar-refractivity contribution in [3.8, 4) is 0 Å². The van der Waals surface area contributed by atoms with Crippen LogP contribution in [0.25, 0.3) is 0 Å². The van der Waals surface area contributed by atoms with Gasteiger partial charge in [-0.1, -0.05) is 25.7 Å². The molecule has 2 heteroatoms. The van der Waals surface area contributed by atoms with E-state index in [1.807, 2.05) is 0 Å². The Morgan fingerprint density at radius 2 is 1.27 bits per heavy atom. The van der Waals surface area contributed by atoms with Crippen LogP contribution in [0.5, 0.6) is 0 Å². The highest BCUT2D eigenvalue weighted by atomic mass is 16.3. The third-order valence-electron chi connectivity index (χ3n) is 2.84. The quantitative estimate of drug-likeness (QED) is 0.595. The summed E-state index contributed by atoms with van der Waals surface area (Å²) in [7, 11) is 0. The monoisotopic (exact) mass is 158 g/mol. The molecule has 1 aliphatic rings. The van der Waals surface area contributed by atoms with Crippen LogP contribution < -0.4 is 0 Å². The van der Waals surface area contributed by atoms with Crippen molar-refractivity contribution in [2.75, 3.05) is 13.2 Å². The SMILES string of the molecule is OCC1(CO)CCCCCC1. The molecule has 0 aromatic heterocycles. The van der Waals surface area contributed by atoms with Gasteiger partial charge in [0, 0.05) is 5.41 Å². The van der Waals surface area contributed by atoms with E-state index in [0.717, 1.165) is 12.8 Å². The van der Waals surface area contributed by atoms with E-state index in [2.05, 4.69) is 0 Å². The first-order chi connectivity index (χ1) is 5.33. The fraction of sp³-hybridized carbons (Fsp3) is 1.00. The van der Waals surface area contributed by atoms with Crippen LogP contribution in [0.1, 0.15) is 38.5 Å². The van der Waals surface area contributed by atoms with Crippen molar-refractivity contribution < 1.29 is 10.2 Å². The summed E-state index contributed by atoms with van der Waals surface area (Å²) in [6.45, 7) is 0.312. The van der Waals surface area contributed by atoms with Gasteiger partial charge in [-0.05, 0) is 12.8 Å². The van der Waals surface area contributed by atoms with Gasteiger partial charge in [0.15, 0.2) is 0 Å². The molecule has 0 heterocycles. The fourth-order valence-electron chi connectivity index (χ4n) is 1.84. The van der Waals surface area contributed by atoms with Crippen LogP contribution in [0.2, 0.25) is 0 Å². The maximum absolute atomic E-state index is 9.11. The Hall–Kier alpha value is -0.0800. The number of aliphatic hydroxyl groups excluding tert-OH is 2. The van der Waals surface area contributed by atoms with E-state index >= 15 is 0 Å². The maximum atomic E-state index is 9.11. The molecule has 0 aromatic carbocycles. The topological polar surface area (TPSA) is 40.5 Å². The summed E-state index contributed by atoms with van der Waals surface area (Å²) >= 11 is 0. The fourth-order valence-corrected chi connectivity index (χ4v) is 1.84. The first-order valence-electron chi connectivity index (χ1n) is 4.55. The summed E-state index contributed by atoms with van der Waals surface area (Å²) in [4.78, 5) is 0. The predicted octanol–water partition coefficient (Wildman–Crippen LogP) is 1.31. The smallest absolute Gasteiger partial charge is 0.0509 e. The highest BCUT2D eigenvalue weighted by molar-refractivity contribution is 4.79. The number of aliphatic hydroxyl groups is 2. The van der Waals surface area contributed by atoms with Crippen molar-refractivity contribution in [1.29, 1.82) is 0 Å². The Morgan fingerprint density at radius 1 is 0.818 bits per heavy atom. The molecule has 1 aliphatic carbocycles. The van der Waals surface area contributed by atoms with E-state index in [-0.39, 0.29) is 18.6 Å². The normalized spacial score (nSPS) is 24.5. The molecule has 0 aromatic rings. The number of hydrogen-bond acceptors (Lipinski definition) is 2. The second-order valence-corrected chi connectivity index (χ2v) is 3.73. The van der Waals surface area contributed by atoms with Gasteiger partial charge in [-0.3, -0.25) is 0 Å². The molecule has 11 heavy (non-hydrogen) atoms. The highest BCUT2D eigenvalue weighted by Gasteiger charge is 2.28. The number of rotatable bonds is 2. The van der Waals surface area contributed by atoms with Crippen LogP contribution in [0, 0.1) is 5.41 Å². The molecule has 1 saturated carbocycles. The summed E-state index contributed by atoms with van der Waals surface area (Å²) in [5.74, 6) is 0. The minimum Gasteiger partial charge on any atom is -0.396 e. The van der Waals surface area contributed by atoms with Crippen molar-refractivity contribution in [3.05, 3.63) is 0 Å². The second-order valence-electron chi connectivity index (χ2n) is 3.73. The Kier molecular flexibility index (Phi) is 3.34. The Balaban J connectivity index is 2.49. The lowest BCUT2D eigenvalue weighted by molar-refractivity contribution is 0.0417. The van der Waals surface area contributed by atoms with Gasteiger partial charge in [0.2, 0.25) is 0 Å². The average Bonchev–Trinajstić information content (AvgIpc) is 2.30. The zero-order valence-corrected chi connectivity index (χ0v) is 7.05. The molecule has 1 rings (SSSR count). The molecule has 0 spiro atoms. The molecule has 0 radical (unpaired) electrons. The van der Waals surface area contributed by atoms with Gasteiger partial charge in [0.1, 0.15) is 0 Å². The lowest BCUT2D eigenvalue weighted by atomic mass is 9.82. The summed E-state index contributed by atoms with van der Waals surface area (Å²) in [5, 5.41) is 18.2. The zero-order chi connectivity index (χ0) is 8.16. The van der Waals surface area contributed by atoms with Gasteiger partial charge in [0.05, 0.1) is 13.2 Å². The molecule has 0 unspecified atom stereocenters. The molecule has 2 nitrogen and oxygen atoms in total. The van der Waals surface area contributed by atoms with Crippen LogP contribution in [0.3, 0.4) is 0 Å². The summed E-state index contributed by atoms with van der Waals surface area (Å²) in [6.07, 6.45) is 6.87. The second kappa shape index (κ2) is 4.07. The third kappa shape index (κ3) is 2.17. The van der Waals surface area contributed by atoms with Gasteiger partial charge in [-0.25, -0.2) is 0 Å². The third-order valence-corrected chi connectivity index (χ3v) is 2.84. The van der Waals surface area contributed by atoms with E-state index in [4.69, 9.17) is 10.2 Å². The van der Waals surface area contributed by atoms with E-state index in [9.17, 15) is 0 Å². The standard InChI is InChI=1S/C9H18O2/c10-7-9(8-11)5-3-1-2-4-6-9/h10-11H,1-8H2. The van der Waals surface area contributed by atoms with Gasteiger partial charge < -0.3 is 10.2 Å². The Labute approximate surface area is 68.2 Å².